The molecule has 0 aliphatic carbocycles. The minimum atomic E-state index is 0.341. The molecule has 96 valence electrons. The van der Waals surface area contributed by atoms with Gasteiger partial charge in [-0.1, -0.05) is 32.9 Å². The summed E-state index contributed by atoms with van der Waals surface area (Å²) in [6.07, 6.45) is 3.46. The monoisotopic (exact) mass is 235 g/mol. The Morgan fingerprint density at radius 2 is 1.53 bits per heavy atom. The van der Waals surface area contributed by atoms with Gasteiger partial charge in [0, 0.05) is 12.1 Å². The lowest BCUT2D eigenvalue weighted by molar-refractivity contribution is 0.159. The molecular formula is C15H25NO. The van der Waals surface area contributed by atoms with Crippen LogP contribution in [0.1, 0.15) is 51.6 Å². The number of aromatic hydroxyl groups is 1. The number of hydrogen-bond donors (Lipinski definition) is 1. The van der Waals surface area contributed by atoms with Gasteiger partial charge < -0.3 is 5.11 Å². The summed E-state index contributed by atoms with van der Waals surface area (Å²) in [4.78, 5) is 2.46. The van der Waals surface area contributed by atoms with Crippen molar-refractivity contribution in [2.75, 3.05) is 7.05 Å². The molecule has 17 heavy (non-hydrogen) atoms. The predicted molar refractivity (Wildman–Crippen MR) is 73.3 cm³/mol. The van der Waals surface area contributed by atoms with Gasteiger partial charge in [-0.3, -0.25) is 4.90 Å². The fraction of sp³-hybridized carbons (Fsp3) is 0.600. The highest BCUT2D eigenvalue weighted by Crippen LogP contribution is 2.27. The van der Waals surface area contributed by atoms with Gasteiger partial charge in [-0.25, -0.2) is 0 Å². The molecule has 0 saturated heterocycles. The molecule has 1 unspecified atom stereocenters. The van der Waals surface area contributed by atoms with Crippen molar-refractivity contribution in [2.45, 2.75) is 52.1 Å². The largest absolute Gasteiger partial charge is 0.508 e. The van der Waals surface area contributed by atoms with Gasteiger partial charge in [0.1, 0.15) is 5.75 Å². The first-order chi connectivity index (χ1) is 8.13. The van der Waals surface area contributed by atoms with Gasteiger partial charge in [0.15, 0.2) is 0 Å². The van der Waals surface area contributed by atoms with Gasteiger partial charge >= 0.3 is 0 Å². The van der Waals surface area contributed by atoms with Gasteiger partial charge in [-0.05, 0) is 44.0 Å². The quantitative estimate of drug-likeness (QED) is 0.806. The standard InChI is InChI=1S/C15H25NO/c1-5-13(6-2)16(4)15(7-3)12-8-10-14(17)11-9-12/h8-11,13,15,17H,5-7H2,1-4H3. The summed E-state index contributed by atoms with van der Waals surface area (Å²) in [7, 11) is 2.21. The SMILES string of the molecule is CCC(CC)N(C)C(CC)c1ccc(O)cc1. The second-order valence-electron chi connectivity index (χ2n) is 4.65. The highest BCUT2D eigenvalue weighted by Gasteiger charge is 2.20. The third-order valence-corrected chi connectivity index (χ3v) is 3.67. The Morgan fingerprint density at radius 1 is 1.00 bits per heavy atom. The van der Waals surface area contributed by atoms with Gasteiger partial charge in [-0.2, -0.15) is 0 Å². The lowest BCUT2D eigenvalue weighted by Crippen LogP contribution is -2.34. The lowest BCUT2D eigenvalue weighted by atomic mass is 9.99. The first-order valence-corrected chi connectivity index (χ1v) is 6.64. The van der Waals surface area contributed by atoms with Crippen LogP contribution in [0.25, 0.3) is 0 Å². The van der Waals surface area contributed by atoms with E-state index in [0.29, 0.717) is 17.8 Å². The molecule has 0 aliphatic heterocycles. The van der Waals surface area contributed by atoms with E-state index < -0.39 is 0 Å². The second kappa shape index (κ2) is 6.65. The highest BCUT2D eigenvalue weighted by atomic mass is 16.3. The molecule has 2 heteroatoms. The van der Waals surface area contributed by atoms with Crippen molar-refractivity contribution < 1.29 is 5.11 Å². The third-order valence-electron chi connectivity index (χ3n) is 3.67. The number of rotatable bonds is 6. The van der Waals surface area contributed by atoms with Crippen LogP contribution in [0.15, 0.2) is 24.3 Å². The Balaban J connectivity index is 2.86. The first kappa shape index (κ1) is 14.0. The van der Waals surface area contributed by atoms with E-state index in [2.05, 4.69) is 32.7 Å². The molecule has 0 aromatic heterocycles. The summed E-state index contributed by atoms with van der Waals surface area (Å²) in [6.45, 7) is 6.71. The molecule has 1 rings (SSSR count). The van der Waals surface area contributed by atoms with Crippen molar-refractivity contribution in [3.8, 4) is 5.75 Å². The maximum absolute atomic E-state index is 9.34. The van der Waals surface area contributed by atoms with Crippen LogP contribution >= 0.6 is 0 Å². The molecule has 0 saturated carbocycles. The summed E-state index contributed by atoms with van der Waals surface area (Å²) in [6, 6.07) is 8.69. The van der Waals surface area contributed by atoms with Gasteiger partial charge in [-0.15, -0.1) is 0 Å². The maximum atomic E-state index is 9.34. The zero-order valence-electron chi connectivity index (χ0n) is 11.5. The molecule has 0 amide bonds. The maximum Gasteiger partial charge on any atom is 0.115 e. The predicted octanol–water partition coefficient (Wildman–Crippen LogP) is 3.96. The lowest BCUT2D eigenvalue weighted by Gasteiger charge is -2.34. The van der Waals surface area contributed by atoms with Crippen LogP contribution in [0.5, 0.6) is 5.75 Å². The number of benzene rings is 1. The molecule has 0 bridgehead atoms. The van der Waals surface area contributed by atoms with E-state index in [9.17, 15) is 5.11 Å². The molecule has 0 spiro atoms. The number of phenolic OH excluding ortho intramolecular Hbond substituents is 1. The Bertz CT molecular complexity index is 316. The molecular weight excluding hydrogens is 210 g/mol. The summed E-state index contributed by atoms with van der Waals surface area (Å²) in [5.41, 5.74) is 1.29. The normalized spacial score (nSPS) is 13.3. The Hall–Kier alpha value is -1.02. The van der Waals surface area contributed by atoms with E-state index in [1.807, 2.05) is 12.1 Å². The van der Waals surface area contributed by atoms with Gasteiger partial charge in [0.2, 0.25) is 0 Å². The molecule has 1 aromatic carbocycles. The molecule has 1 N–H and O–H groups in total. The number of phenols is 1. The molecule has 0 heterocycles. The molecule has 1 atom stereocenters. The fourth-order valence-corrected chi connectivity index (χ4v) is 2.57. The summed E-state index contributed by atoms with van der Waals surface area (Å²) in [5, 5.41) is 9.34. The van der Waals surface area contributed by atoms with Crippen LogP contribution in [0.4, 0.5) is 0 Å². The Morgan fingerprint density at radius 3 is 1.94 bits per heavy atom. The smallest absolute Gasteiger partial charge is 0.115 e. The minimum Gasteiger partial charge on any atom is -0.508 e. The van der Waals surface area contributed by atoms with Crippen LogP contribution in [-0.2, 0) is 0 Å². The Kier molecular flexibility index (Phi) is 5.49. The van der Waals surface area contributed by atoms with Crippen molar-refractivity contribution in [3.05, 3.63) is 29.8 Å². The number of hydrogen-bond acceptors (Lipinski definition) is 2. The summed E-state index contributed by atoms with van der Waals surface area (Å²) >= 11 is 0. The molecule has 1 aromatic rings. The van der Waals surface area contributed by atoms with Crippen molar-refractivity contribution in [1.29, 1.82) is 0 Å². The Labute approximate surface area is 105 Å². The van der Waals surface area contributed by atoms with E-state index in [1.54, 1.807) is 12.1 Å². The van der Waals surface area contributed by atoms with Crippen LogP contribution in [0, 0.1) is 0 Å². The summed E-state index contributed by atoms with van der Waals surface area (Å²) < 4.78 is 0. The van der Waals surface area contributed by atoms with E-state index >= 15 is 0 Å². The van der Waals surface area contributed by atoms with Crippen molar-refractivity contribution >= 4 is 0 Å². The molecule has 0 fully saturated rings. The highest BCUT2D eigenvalue weighted by molar-refractivity contribution is 5.28. The van der Waals surface area contributed by atoms with Crippen LogP contribution in [-0.4, -0.2) is 23.1 Å². The van der Waals surface area contributed by atoms with Crippen molar-refractivity contribution in [1.82, 2.24) is 4.90 Å². The van der Waals surface area contributed by atoms with E-state index in [0.717, 1.165) is 6.42 Å². The number of nitrogens with zero attached hydrogens (tertiary/aromatic N) is 1. The summed E-state index contributed by atoms with van der Waals surface area (Å²) in [5.74, 6) is 0.341. The average molecular weight is 235 g/mol. The third kappa shape index (κ3) is 3.47. The van der Waals surface area contributed by atoms with Crippen molar-refractivity contribution in [2.24, 2.45) is 0 Å². The second-order valence-corrected chi connectivity index (χ2v) is 4.65. The van der Waals surface area contributed by atoms with Crippen LogP contribution in [0.3, 0.4) is 0 Å². The zero-order valence-corrected chi connectivity index (χ0v) is 11.5. The average Bonchev–Trinajstić information content (AvgIpc) is 2.34. The molecule has 0 aliphatic rings. The topological polar surface area (TPSA) is 23.5 Å². The van der Waals surface area contributed by atoms with E-state index in [4.69, 9.17) is 0 Å². The van der Waals surface area contributed by atoms with Crippen LogP contribution < -0.4 is 0 Å². The van der Waals surface area contributed by atoms with E-state index in [-0.39, 0.29) is 0 Å². The zero-order chi connectivity index (χ0) is 12.8. The first-order valence-electron chi connectivity index (χ1n) is 6.64. The fourth-order valence-electron chi connectivity index (χ4n) is 2.57. The molecule has 2 nitrogen and oxygen atoms in total. The minimum absolute atomic E-state index is 0.341. The van der Waals surface area contributed by atoms with E-state index in [1.165, 1.54) is 18.4 Å². The van der Waals surface area contributed by atoms with Crippen LogP contribution in [0.2, 0.25) is 0 Å². The van der Waals surface area contributed by atoms with Crippen molar-refractivity contribution in [3.63, 3.8) is 0 Å². The van der Waals surface area contributed by atoms with Gasteiger partial charge in [0.05, 0.1) is 0 Å². The molecule has 0 radical (unpaired) electrons. The van der Waals surface area contributed by atoms with Gasteiger partial charge in [0.25, 0.3) is 0 Å².